The minimum atomic E-state index is 0.893. The van der Waals surface area contributed by atoms with Crippen molar-refractivity contribution in [2.24, 2.45) is 7.05 Å². The Bertz CT molecular complexity index is 2590. The van der Waals surface area contributed by atoms with Gasteiger partial charge in [0.1, 0.15) is 16.8 Å². The van der Waals surface area contributed by atoms with Crippen LogP contribution in [0.3, 0.4) is 0 Å². The van der Waals surface area contributed by atoms with Crippen molar-refractivity contribution in [3.05, 3.63) is 169 Å². The second-order valence-electron chi connectivity index (χ2n) is 12.5. The summed E-state index contributed by atoms with van der Waals surface area (Å²) in [6.45, 7) is 2.18. The van der Waals surface area contributed by atoms with Gasteiger partial charge in [0.2, 0.25) is 0 Å². The van der Waals surface area contributed by atoms with Gasteiger partial charge in [-0.2, -0.15) is 4.57 Å². The Kier molecular flexibility index (Phi) is 6.58. The van der Waals surface area contributed by atoms with Gasteiger partial charge in [-0.15, -0.1) is 0 Å². The van der Waals surface area contributed by atoms with Crippen LogP contribution in [0.15, 0.2) is 168 Å². The molecule has 0 amide bonds. The number of benzene rings is 7. The molecule has 0 aliphatic rings. The van der Waals surface area contributed by atoms with Crippen LogP contribution < -0.4 is 4.57 Å². The Balaban J connectivity index is 1.19. The maximum atomic E-state index is 6.74. The molecule has 0 unspecified atom stereocenters. The smallest absolute Gasteiger partial charge is 0.298 e. The zero-order valence-corrected chi connectivity index (χ0v) is 26.9. The zero-order chi connectivity index (χ0) is 32.2. The molecule has 0 aliphatic carbocycles. The first-order valence-corrected chi connectivity index (χ1v) is 16.4. The van der Waals surface area contributed by atoms with Crippen LogP contribution in [0, 0.1) is 6.92 Å². The summed E-state index contributed by atoms with van der Waals surface area (Å²) in [5.74, 6) is 1.08. The lowest BCUT2D eigenvalue weighted by molar-refractivity contribution is -0.633. The minimum absolute atomic E-state index is 0.893. The summed E-state index contributed by atoms with van der Waals surface area (Å²) in [4.78, 5) is 0. The normalized spacial score (nSPS) is 11.5. The molecule has 3 nitrogen and oxygen atoms in total. The van der Waals surface area contributed by atoms with Crippen molar-refractivity contribution in [1.82, 2.24) is 4.57 Å². The Morgan fingerprint density at radius 2 is 1.04 bits per heavy atom. The molecule has 0 atom stereocenters. The van der Waals surface area contributed by atoms with Crippen molar-refractivity contribution in [3.8, 4) is 50.5 Å². The highest BCUT2D eigenvalue weighted by Gasteiger charge is 2.30. The molecule has 0 saturated heterocycles. The van der Waals surface area contributed by atoms with Gasteiger partial charge in [0, 0.05) is 10.8 Å². The lowest BCUT2D eigenvalue weighted by Crippen LogP contribution is -2.30. The fourth-order valence-corrected chi connectivity index (χ4v) is 7.17. The molecule has 0 saturated carbocycles. The molecule has 0 radical (unpaired) electrons. The van der Waals surface area contributed by atoms with Crippen molar-refractivity contribution in [1.29, 1.82) is 0 Å². The summed E-state index contributed by atoms with van der Waals surface area (Å²) in [6.07, 6.45) is 0. The van der Waals surface area contributed by atoms with E-state index in [-0.39, 0.29) is 0 Å². The summed E-state index contributed by atoms with van der Waals surface area (Å²) in [5, 5.41) is 2.25. The van der Waals surface area contributed by atoms with Gasteiger partial charge < -0.3 is 4.42 Å². The van der Waals surface area contributed by atoms with Crippen LogP contribution in [0.1, 0.15) is 5.56 Å². The molecule has 0 fully saturated rings. The van der Waals surface area contributed by atoms with E-state index in [1.807, 2.05) is 0 Å². The van der Waals surface area contributed by atoms with Gasteiger partial charge in [-0.3, -0.25) is 0 Å². The Morgan fingerprint density at radius 1 is 0.500 bits per heavy atom. The maximum Gasteiger partial charge on any atom is 0.298 e. The molecule has 0 N–H and O–H groups in total. The molecule has 9 rings (SSSR count). The van der Waals surface area contributed by atoms with Crippen LogP contribution >= 0.6 is 0 Å². The fraction of sp³-hybridized carbons (Fsp3) is 0.0444. The fourth-order valence-electron chi connectivity index (χ4n) is 7.17. The lowest BCUT2D eigenvalue weighted by atomic mass is 10.00. The molecule has 228 valence electrons. The molecule has 0 spiro atoms. The van der Waals surface area contributed by atoms with Crippen molar-refractivity contribution in [3.63, 3.8) is 0 Å². The van der Waals surface area contributed by atoms with E-state index in [2.05, 4.69) is 187 Å². The first-order chi connectivity index (χ1) is 23.6. The van der Waals surface area contributed by atoms with Crippen LogP contribution in [-0.4, -0.2) is 4.57 Å². The molecule has 3 heteroatoms. The van der Waals surface area contributed by atoms with Gasteiger partial charge in [-0.25, -0.2) is 4.57 Å². The summed E-state index contributed by atoms with van der Waals surface area (Å²) >= 11 is 0. The van der Waals surface area contributed by atoms with Crippen molar-refractivity contribution in [2.45, 2.75) is 6.92 Å². The molecule has 2 heterocycles. The number of furan rings is 1. The zero-order valence-electron chi connectivity index (χ0n) is 26.9. The van der Waals surface area contributed by atoms with E-state index in [0.717, 1.165) is 50.0 Å². The molecule has 9 aromatic rings. The van der Waals surface area contributed by atoms with Gasteiger partial charge in [-0.1, -0.05) is 127 Å². The van der Waals surface area contributed by atoms with Crippen LogP contribution in [0.4, 0.5) is 0 Å². The SMILES string of the molecule is Cc1ccc2c(oc3ccc(-c4ccccc4)cc32)c1-c1n(-c2ccc(-c3ccc(-c4ccccc4)cc3)cc2)c2ccccc2[n+]1C. The van der Waals surface area contributed by atoms with E-state index in [1.54, 1.807) is 0 Å². The molecule has 0 bridgehead atoms. The van der Waals surface area contributed by atoms with Gasteiger partial charge in [-0.05, 0) is 82.3 Å². The van der Waals surface area contributed by atoms with E-state index in [4.69, 9.17) is 4.42 Å². The number of aryl methyl sites for hydroxylation is 2. The second-order valence-corrected chi connectivity index (χ2v) is 12.5. The standard InChI is InChI=1S/C45H33N2O/c1-30-17-27-38-39-29-36(32-13-7-4-8-14-32)24-28-42(39)48-44(38)43(30)45-46(2)40-15-9-10-16-41(40)47(45)37-25-22-35(23-26-37)34-20-18-33(19-21-34)31-11-5-3-6-12-31/h3-29H,1-2H3/q+1. The Labute approximate surface area is 279 Å². The number of aromatic nitrogens is 2. The summed E-state index contributed by atoms with van der Waals surface area (Å²) in [6, 6.07) is 58.4. The van der Waals surface area contributed by atoms with E-state index >= 15 is 0 Å². The first kappa shape index (κ1) is 28.1. The third-order valence-electron chi connectivity index (χ3n) is 9.64. The van der Waals surface area contributed by atoms with Crippen molar-refractivity contribution < 1.29 is 8.98 Å². The minimum Gasteiger partial charge on any atom is -0.455 e. The predicted octanol–water partition coefficient (Wildman–Crippen LogP) is 11.3. The Hall–Kier alpha value is -6.19. The van der Waals surface area contributed by atoms with Crippen LogP contribution in [0.2, 0.25) is 0 Å². The number of hydrogen-bond acceptors (Lipinski definition) is 1. The summed E-state index contributed by atoms with van der Waals surface area (Å²) in [5.41, 5.74) is 14.7. The van der Waals surface area contributed by atoms with Gasteiger partial charge in [0.15, 0.2) is 16.6 Å². The highest BCUT2D eigenvalue weighted by atomic mass is 16.3. The van der Waals surface area contributed by atoms with E-state index in [9.17, 15) is 0 Å². The monoisotopic (exact) mass is 617 g/mol. The van der Waals surface area contributed by atoms with Crippen LogP contribution in [0.5, 0.6) is 0 Å². The summed E-state index contributed by atoms with van der Waals surface area (Å²) < 4.78 is 11.4. The summed E-state index contributed by atoms with van der Waals surface area (Å²) in [7, 11) is 2.16. The maximum absolute atomic E-state index is 6.74. The highest BCUT2D eigenvalue weighted by molar-refractivity contribution is 6.11. The quantitative estimate of drug-likeness (QED) is 0.176. The molecular weight excluding hydrogens is 585 g/mol. The molecule has 7 aromatic carbocycles. The van der Waals surface area contributed by atoms with Crippen LogP contribution in [0.25, 0.3) is 83.4 Å². The number of fused-ring (bicyclic) bond motifs is 4. The topological polar surface area (TPSA) is 21.9 Å². The first-order valence-electron chi connectivity index (χ1n) is 16.4. The van der Waals surface area contributed by atoms with E-state index < -0.39 is 0 Å². The van der Waals surface area contributed by atoms with Crippen molar-refractivity contribution >= 4 is 33.0 Å². The third kappa shape index (κ3) is 4.55. The molecule has 2 aromatic heterocycles. The van der Waals surface area contributed by atoms with Gasteiger partial charge in [0.25, 0.3) is 5.82 Å². The molecule has 0 aliphatic heterocycles. The highest BCUT2D eigenvalue weighted by Crippen LogP contribution is 2.40. The van der Waals surface area contributed by atoms with E-state index in [0.29, 0.717) is 0 Å². The van der Waals surface area contributed by atoms with Gasteiger partial charge >= 0.3 is 0 Å². The number of rotatable bonds is 5. The van der Waals surface area contributed by atoms with Crippen molar-refractivity contribution in [2.75, 3.05) is 0 Å². The number of imidazole rings is 1. The van der Waals surface area contributed by atoms with E-state index in [1.165, 1.54) is 38.9 Å². The average molecular weight is 618 g/mol. The number of hydrogen-bond donors (Lipinski definition) is 0. The lowest BCUT2D eigenvalue weighted by Gasteiger charge is -2.09. The number of para-hydroxylation sites is 2. The average Bonchev–Trinajstić information content (AvgIpc) is 3.67. The third-order valence-corrected chi connectivity index (χ3v) is 9.64. The molecular formula is C45H33N2O+. The number of nitrogens with zero attached hydrogens (tertiary/aromatic N) is 2. The van der Waals surface area contributed by atoms with Gasteiger partial charge in [0.05, 0.1) is 7.05 Å². The Morgan fingerprint density at radius 3 is 1.71 bits per heavy atom. The largest absolute Gasteiger partial charge is 0.455 e. The second kappa shape index (κ2) is 11.3. The van der Waals surface area contributed by atoms with Crippen LogP contribution in [-0.2, 0) is 7.05 Å². The molecule has 48 heavy (non-hydrogen) atoms. The predicted molar refractivity (Wildman–Crippen MR) is 198 cm³/mol.